The highest BCUT2D eigenvalue weighted by Crippen LogP contribution is 2.28. The number of carboxylic acid groups (broad SMARTS) is 1. The summed E-state index contributed by atoms with van der Waals surface area (Å²) in [5, 5.41) is 16.5. The first-order chi connectivity index (χ1) is 17.4. The second-order valence-electron chi connectivity index (χ2n) is 8.89. The van der Waals surface area contributed by atoms with Crippen molar-refractivity contribution in [1.82, 2.24) is 19.9 Å². The van der Waals surface area contributed by atoms with Gasteiger partial charge in [0.2, 0.25) is 5.28 Å². The molecule has 2 aromatic heterocycles. The van der Waals surface area contributed by atoms with Crippen molar-refractivity contribution in [3.05, 3.63) is 64.3 Å². The summed E-state index contributed by atoms with van der Waals surface area (Å²) in [5.74, 6) is 0.955. The van der Waals surface area contributed by atoms with Crippen molar-refractivity contribution in [2.45, 2.75) is 32.1 Å². The summed E-state index contributed by atoms with van der Waals surface area (Å²) in [7, 11) is 0. The lowest BCUT2D eigenvalue weighted by Gasteiger charge is -2.30. The van der Waals surface area contributed by atoms with Gasteiger partial charge in [0, 0.05) is 43.4 Å². The second-order valence-corrected chi connectivity index (χ2v) is 9.63. The molecule has 3 heterocycles. The molecule has 3 aromatic rings. The molecule has 11 heteroatoms. The van der Waals surface area contributed by atoms with Crippen molar-refractivity contribution < 1.29 is 9.90 Å². The molecule has 1 aliphatic heterocycles. The molecular weight excluding hydrogens is 501 g/mol. The molecule has 1 saturated heterocycles. The molecule has 0 unspecified atom stereocenters. The van der Waals surface area contributed by atoms with E-state index in [9.17, 15) is 4.79 Å². The molecule has 1 amide bonds. The number of piperidine rings is 1. The minimum atomic E-state index is -0.828. The molecule has 9 nitrogen and oxygen atoms in total. The van der Waals surface area contributed by atoms with Gasteiger partial charge in [-0.2, -0.15) is 4.98 Å². The van der Waals surface area contributed by atoms with Crippen LogP contribution in [0.5, 0.6) is 0 Å². The van der Waals surface area contributed by atoms with Crippen LogP contribution in [0, 0.1) is 5.92 Å². The zero-order chi connectivity index (χ0) is 25.5. The first-order valence-corrected chi connectivity index (χ1v) is 12.6. The number of aromatic nitrogens is 3. The van der Waals surface area contributed by atoms with E-state index in [0.29, 0.717) is 35.5 Å². The zero-order valence-corrected chi connectivity index (χ0v) is 21.3. The molecule has 1 fully saturated rings. The molecule has 5 N–H and O–H groups in total. The van der Waals surface area contributed by atoms with Crippen LogP contribution in [0.2, 0.25) is 10.3 Å². The topological polar surface area (TPSA) is 129 Å². The molecule has 0 saturated carbocycles. The number of halogens is 2. The van der Waals surface area contributed by atoms with Gasteiger partial charge in [0.1, 0.15) is 5.02 Å². The van der Waals surface area contributed by atoms with Crippen LogP contribution in [0.25, 0.3) is 0 Å². The number of nitrogens with zero attached hydrogens (tertiary/aromatic N) is 4. The van der Waals surface area contributed by atoms with E-state index >= 15 is 0 Å². The predicted octanol–water partition coefficient (Wildman–Crippen LogP) is 5.48. The molecule has 0 bridgehead atoms. The number of hydrogen-bond acceptors (Lipinski definition) is 7. The zero-order valence-electron chi connectivity index (χ0n) is 19.8. The number of benzene rings is 1. The third-order valence-electron chi connectivity index (χ3n) is 6.33. The third kappa shape index (κ3) is 7.11. The molecule has 190 valence electrons. The summed E-state index contributed by atoms with van der Waals surface area (Å²) >= 11 is 12.2. The lowest BCUT2D eigenvalue weighted by molar-refractivity contribution is 0.123. The number of rotatable bonds is 9. The molecule has 36 heavy (non-hydrogen) atoms. The molecule has 0 aliphatic carbocycles. The average Bonchev–Trinajstić information content (AvgIpc) is 2.86. The van der Waals surface area contributed by atoms with Crippen LogP contribution in [0.15, 0.2) is 42.9 Å². The van der Waals surface area contributed by atoms with Gasteiger partial charge in [-0.25, -0.2) is 9.78 Å². The Morgan fingerprint density at radius 2 is 1.94 bits per heavy atom. The van der Waals surface area contributed by atoms with Gasteiger partial charge < -0.3 is 26.4 Å². The van der Waals surface area contributed by atoms with Crippen molar-refractivity contribution in [3.63, 3.8) is 0 Å². The first kappa shape index (κ1) is 25.8. The van der Waals surface area contributed by atoms with Crippen LogP contribution in [-0.2, 0) is 12.8 Å². The lowest BCUT2D eigenvalue weighted by Crippen LogP contribution is -2.37. The lowest BCUT2D eigenvalue weighted by atomic mass is 9.93. The van der Waals surface area contributed by atoms with E-state index in [-0.39, 0.29) is 5.28 Å². The number of carbonyl (C=O) groups is 1. The fourth-order valence-corrected chi connectivity index (χ4v) is 4.64. The number of nitrogens with one attached hydrogen (secondary N) is 2. The van der Waals surface area contributed by atoms with Gasteiger partial charge in [-0.15, -0.1) is 0 Å². The van der Waals surface area contributed by atoms with E-state index < -0.39 is 6.09 Å². The number of hydrogen-bond donors (Lipinski definition) is 4. The Hall–Kier alpha value is -3.30. The summed E-state index contributed by atoms with van der Waals surface area (Å²) in [6.45, 7) is 2.02. The Balaban J connectivity index is 1.44. The Kier molecular flexibility index (Phi) is 8.66. The molecule has 0 radical (unpaired) electrons. The van der Waals surface area contributed by atoms with Crippen molar-refractivity contribution in [3.8, 4) is 0 Å². The fraction of sp³-hybridized carbons (Fsp3) is 0.360. The smallest absolute Gasteiger partial charge is 0.407 e. The normalized spacial score (nSPS) is 14.0. The summed E-state index contributed by atoms with van der Waals surface area (Å²) < 4.78 is 0. The first-order valence-electron chi connectivity index (χ1n) is 11.9. The summed E-state index contributed by atoms with van der Waals surface area (Å²) in [5.41, 5.74) is 10.6. The highest BCUT2D eigenvalue weighted by atomic mass is 35.5. The van der Waals surface area contributed by atoms with Crippen LogP contribution in [0.4, 0.5) is 27.7 Å². The number of amides is 1. The Bertz CT molecular complexity index is 1200. The summed E-state index contributed by atoms with van der Waals surface area (Å²) in [4.78, 5) is 24.9. The van der Waals surface area contributed by atoms with Crippen LogP contribution < -0.4 is 16.4 Å². The van der Waals surface area contributed by atoms with E-state index in [1.807, 2.05) is 24.4 Å². The van der Waals surface area contributed by atoms with Gasteiger partial charge in [-0.05, 0) is 85.0 Å². The number of pyridine rings is 1. The largest absolute Gasteiger partial charge is 0.465 e. The van der Waals surface area contributed by atoms with E-state index in [2.05, 4.69) is 31.7 Å². The SMILES string of the molecule is Nc1cncc(CCc2cc(Nc3nc(Cl)ncc3Cl)ccc2NCCC2CCN(C(=O)O)CC2)c1. The van der Waals surface area contributed by atoms with Gasteiger partial charge in [-0.3, -0.25) is 4.98 Å². The van der Waals surface area contributed by atoms with Crippen molar-refractivity contribution >= 4 is 52.2 Å². The molecular formula is C25H29Cl2N7O2. The quantitative estimate of drug-likeness (QED) is 0.268. The highest BCUT2D eigenvalue weighted by Gasteiger charge is 2.22. The fourth-order valence-electron chi connectivity index (χ4n) is 4.37. The Morgan fingerprint density at radius 1 is 1.14 bits per heavy atom. The van der Waals surface area contributed by atoms with Crippen molar-refractivity contribution in [2.24, 2.45) is 5.92 Å². The molecule has 0 atom stereocenters. The second kappa shape index (κ2) is 12.1. The maximum Gasteiger partial charge on any atom is 0.407 e. The van der Waals surface area contributed by atoms with Gasteiger partial charge in [0.25, 0.3) is 0 Å². The number of aryl methyl sites for hydroxylation is 2. The maximum absolute atomic E-state index is 11.1. The predicted molar refractivity (Wildman–Crippen MR) is 143 cm³/mol. The van der Waals surface area contributed by atoms with Crippen LogP contribution in [0.1, 0.15) is 30.4 Å². The van der Waals surface area contributed by atoms with E-state index in [1.165, 1.54) is 11.1 Å². The van der Waals surface area contributed by atoms with Crippen LogP contribution in [-0.4, -0.2) is 50.7 Å². The third-order valence-corrected chi connectivity index (χ3v) is 6.79. The molecule has 1 aliphatic rings. The Labute approximate surface area is 220 Å². The molecule has 0 spiro atoms. The monoisotopic (exact) mass is 529 g/mol. The number of nitrogens with two attached hydrogens (primary N) is 1. The number of nitrogen functional groups attached to an aromatic ring is 1. The minimum Gasteiger partial charge on any atom is -0.465 e. The standard InChI is InChI=1S/C25H29Cl2N7O2/c26-21-15-31-24(27)33-23(21)32-20-3-4-22(18(12-20)2-1-17-11-19(28)14-29-13-17)30-8-5-16-6-9-34(10-7-16)25(35)36/h3-4,11-16,30H,1-2,5-10,28H2,(H,35,36)(H,31,32,33). The minimum absolute atomic E-state index is 0.115. The molecule has 4 rings (SSSR count). The highest BCUT2D eigenvalue weighted by molar-refractivity contribution is 6.33. The van der Waals surface area contributed by atoms with E-state index in [0.717, 1.165) is 61.2 Å². The van der Waals surface area contributed by atoms with Gasteiger partial charge in [-0.1, -0.05) is 11.6 Å². The van der Waals surface area contributed by atoms with Crippen LogP contribution >= 0.6 is 23.2 Å². The summed E-state index contributed by atoms with van der Waals surface area (Å²) in [6.07, 6.45) is 8.44. The van der Waals surface area contributed by atoms with Crippen molar-refractivity contribution in [2.75, 3.05) is 36.0 Å². The van der Waals surface area contributed by atoms with E-state index in [4.69, 9.17) is 34.0 Å². The van der Waals surface area contributed by atoms with Gasteiger partial charge in [0.05, 0.1) is 11.9 Å². The number of likely N-dealkylation sites (tertiary alicyclic amines) is 1. The average molecular weight is 530 g/mol. The Morgan fingerprint density at radius 3 is 2.69 bits per heavy atom. The van der Waals surface area contributed by atoms with Crippen LogP contribution in [0.3, 0.4) is 0 Å². The molecule has 1 aromatic carbocycles. The van der Waals surface area contributed by atoms with Gasteiger partial charge in [0.15, 0.2) is 5.82 Å². The van der Waals surface area contributed by atoms with Gasteiger partial charge >= 0.3 is 6.09 Å². The maximum atomic E-state index is 11.1. The number of anilines is 4. The van der Waals surface area contributed by atoms with E-state index in [1.54, 1.807) is 6.20 Å². The van der Waals surface area contributed by atoms with Crippen molar-refractivity contribution in [1.29, 1.82) is 0 Å². The summed E-state index contributed by atoms with van der Waals surface area (Å²) in [6, 6.07) is 8.01.